The first kappa shape index (κ1) is 7.53. The molecule has 58 valence electrons. The van der Waals surface area contributed by atoms with E-state index in [-0.39, 0.29) is 0 Å². The van der Waals surface area contributed by atoms with Crippen molar-refractivity contribution >= 4 is 6.09 Å². The zero-order valence-corrected chi connectivity index (χ0v) is 6.06. The SMILES string of the molecule is CN=c1ccccn1C(=O)O. The summed E-state index contributed by atoms with van der Waals surface area (Å²) >= 11 is 0. The lowest BCUT2D eigenvalue weighted by Crippen LogP contribution is -2.24. The molecule has 0 amide bonds. The van der Waals surface area contributed by atoms with Gasteiger partial charge in [0.25, 0.3) is 0 Å². The monoisotopic (exact) mass is 152 g/mol. The molecule has 1 rings (SSSR count). The van der Waals surface area contributed by atoms with Crippen LogP contribution in [0.2, 0.25) is 0 Å². The summed E-state index contributed by atoms with van der Waals surface area (Å²) in [6.45, 7) is 0. The third-order valence-corrected chi connectivity index (χ3v) is 1.27. The molecular weight excluding hydrogens is 144 g/mol. The van der Waals surface area contributed by atoms with Crippen LogP contribution in [0.3, 0.4) is 0 Å². The van der Waals surface area contributed by atoms with Gasteiger partial charge in [0.2, 0.25) is 0 Å². The highest BCUT2D eigenvalue weighted by molar-refractivity contribution is 5.67. The molecule has 0 fully saturated rings. The third-order valence-electron chi connectivity index (χ3n) is 1.27. The van der Waals surface area contributed by atoms with E-state index >= 15 is 0 Å². The first-order valence-corrected chi connectivity index (χ1v) is 3.09. The zero-order chi connectivity index (χ0) is 8.27. The van der Waals surface area contributed by atoms with Crippen molar-refractivity contribution in [2.24, 2.45) is 4.99 Å². The lowest BCUT2D eigenvalue weighted by atomic mass is 10.5. The van der Waals surface area contributed by atoms with Gasteiger partial charge in [-0.25, -0.2) is 9.36 Å². The molecule has 0 radical (unpaired) electrons. The molecule has 0 unspecified atom stereocenters. The standard InChI is InChI=1S/C7H8N2O2/c1-8-6-4-2-3-5-9(6)7(10)11/h2-5H,1H3,(H,10,11). The van der Waals surface area contributed by atoms with Gasteiger partial charge in [0.05, 0.1) is 0 Å². The van der Waals surface area contributed by atoms with Crippen molar-refractivity contribution in [2.45, 2.75) is 0 Å². The number of aromatic nitrogens is 1. The summed E-state index contributed by atoms with van der Waals surface area (Å²) < 4.78 is 1.06. The Bertz CT molecular complexity index is 327. The predicted octanol–water partition coefficient (Wildman–Crippen LogP) is 0.545. The molecule has 1 aromatic rings. The number of carbonyl (C=O) groups is 1. The summed E-state index contributed by atoms with van der Waals surface area (Å²) in [5.74, 6) is 0. The van der Waals surface area contributed by atoms with E-state index in [4.69, 9.17) is 5.11 Å². The Balaban J connectivity index is 3.36. The van der Waals surface area contributed by atoms with Gasteiger partial charge in [-0.15, -0.1) is 0 Å². The third kappa shape index (κ3) is 1.46. The highest BCUT2D eigenvalue weighted by Gasteiger charge is 1.97. The molecule has 4 nitrogen and oxygen atoms in total. The molecule has 0 saturated heterocycles. The second kappa shape index (κ2) is 3.01. The number of hydrogen-bond acceptors (Lipinski definition) is 2. The normalized spacial score (nSPS) is 11.5. The smallest absolute Gasteiger partial charge is 0.417 e. The predicted molar refractivity (Wildman–Crippen MR) is 39.3 cm³/mol. The number of nitrogens with zero attached hydrogens (tertiary/aromatic N) is 2. The van der Waals surface area contributed by atoms with Gasteiger partial charge in [-0.3, -0.25) is 4.99 Å². The maximum atomic E-state index is 10.5. The van der Waals surface area contributed by atoms with Crippen molar-refractivity contribution in [3.63, 3.8) is 0 Å². The van der Waals surface area contributed by atoms with E-state index in [9.17, 15) is 4.79 Å². The highest BCUT2D eigenvalue weighted by Crippen LogP contribution is 1.80. The number of rotatable bonds is 0. The Morgan fingerprint density at radius 3 is 2.82 bits per heavy atom. The van der Waals surface area contributed by atoms with Crippen molar-refractivity contribution in [2.75, 3.05) is 7.05 Å². The number of hydrogen-bond donors (Lipinski definition) is 1. The maximum absolute atomic E-state index is 10.5. The molecule has 1 N–H and O–H groups in total. The minimum atomic E-state index is -1.02. The first-order valence-electron chi connectivity index (χ1n) is 3.09. The molecule has 0 atom stereocenters. The first-order chi connectivity index (χ1) is 5.25. The lowest BCUT2D eigenvalue weighted by molar-refractivity contribution is 0.195. The number of carboxylic acid groups (broad SMARTS) is 1. The Kier molecular flexibility index (Phi) is 2.06. The van der Waals surface area contributed by atoms with Crippen molar-refractivity contribution in [1.29, 1.82) is 0 Å². The Labute approximate surface area is 63.4 Å². The van der Waals surface area contributed by atoms with Crippen molar-refractivity contribution in [1.82, 2.24) is 4.57 Å². The second-order valence-electron chi connectivity index (χ2n) is 1.94. The van der Waals surface area contributed by atoms with Crippen LogP contribution < -0.4 is 5.49 Å². The van der Waals surface area contributed by atoms with Crippen LogP contribution in [0.1, 0.15) is 0 Å². The maximum Gasteiger partial charge on any atom is 0.417 e. The summed E-state index contributed by atoms with van der Waals surface area (Å²) in [4.78, 5) is 14.3. The Morgan fingerprint density at radius 1 is 1.64 bits per heavy atom. The van der Waals surface area contributed by atoms with Gasteiger partial charge in [-0.05, 0) is 12.1 Å². The van der Waals surface area contributed by atoms with E-state index in [0.717, 1.165) is 4.57 Å². The van der Waals surface area contributed by atoms with Crippen molar-refractivity contribution in [3.8, 4) is 0 Å². The Hall–Kier alpha value is -1.58. The average molecular weight is 152 g/mol. The van der Waals surface area contributed by atoms with Crippen LogP contribution in [0, 0.1) is 0 Å². The molecule has 0 saturated carbocycles. The van der Waals surface area contributed by atoms with E-state index in [2.05, 4.69) is 4.99 Å². The minimum Gasteiger partial charge on any atom is -0.464 e. The van der Waals surface area contributed by atoms with Crippen molar-refractivity contribution < 1.29 is 9.90 Å². The fourth-order valence-electron chi connectivity index (χ4n) is 0.778. The molecule has 1 heterocycles. The van der Waals surface area contributed by atoms with Gasteiger partial charge in [0, 0.05) is 13.2 Å². The largest absolute Gasteiger partial charge is 0.464 e. The molecule has 11 heavy (non-hydrogen) atoms. The average Bonchev–Trinajstić information content (AvgIpc) is 2.04. The van der Waals surface area contributed by atoms with Crippen molar-refractivity contribution in [3.05, 3.63) is 29.9 Å². The van der Waals surface area contributed by atoms with Crippen LogP contribution in [0.15, 0.2) is 29.4 Å². The molecule has 0 bridgehead atoms. The fraction of sp³-hybridized carbons (Fsp3) is 0.143. The summed E-state index contributed by atoms with van der Waals surface area (Å²) in [5, 5.41) is 8.60. The molecule has 0 aliphatic rings. The summed E-state index contributed by atoms with van der Waals surface area (Å²) in [5.41, 5.74) is 0.431. The van der Waals surface area contributed by atoms with Gasteiger partial charge >= 0.3 is 6.09 Å². The van der Waals surface area contributed by atoms with Crippen LogP contribution >= 0.6 is 0 Å². The highest BCUT2D eigenvalue weighted by atomic mass is 16.4. The van der Waals surface area contributed by atoms with Crippen LogP contribution in [-0.4, -0.2) is 22.8 Å². The fourth-order valence-corrected chi connectivity index (χ4v) is 0.778. The molecule has 0 aromatic carbocycles. The summed E-state index contributed by atoms with van der Waals surface area (Å²) in [7, 11) is 1.55. The summed E-state index contributed by atoms with van der Waals surface area (Å²) in [6.07, 6.45) is 0.427. The van der Waals surface area contributed by atoms with Gasteiger partial charge in [-0.1, -0.05) is 6.07 Å². The van der Waals surface area contributed by atoms with E-state index in [1.807, 2.05) is 0 Å². The van der Waals surface area contributed by atoms with Crippen LogP contribution in [0.4, 0.5) is 4.79 Å². The van der Waals surface area contributed by atoms with Crippen LogP contribution in [-0.2, 0) is 0 Å². The second-order valence-corrected chi connectivity index (χ2v) is 1.94. The quantitative estimate of drug-likeness (QED) is 0.590. The zero-order valence-electron chi connectivity index (χ0n) is 6.06. The van der Waals surface area contributed by atoms with Gasteiger partial charge in [0.1, 0.15) is 5.49 Å². The molecule has 0 aliphatic carbocycles. The van der Waals surface area contributed by atoms with Crippen LogP contribution in [0.5, 0.6) is 0 Å². The topological polar surface area (TPSA) is 54.6 Å². The summed E-state index contributed by atoms with van der Waals surface area (Å²) in [6, 6.07) is 5.01. The van der Waals surface area contributed by atoms with E-state index < -0.39 is 6.09 Å². The van der Waals surface area contributed by atoms with E-state index in [0.29, 0.717) is 5.49 Å². The minimum absolute atomic E-state index is 0.431. The molecule has 1 aromatic heterocycles. The van der Waals surface area contributed by atoms with Gasteiger partial charge in [-0.2, -0.15) is 0 Å². The lowest BCUT2D eigenvalue weighted by Gasteiger charge is -1.97. The van der Waals surface area contributed by atoms with Gasteiger partial charge in [0.15, 0.2) is 0 Å². The molecule has 0 aliphatic heterocycles. The molecule has 0 spiro atoms. The van der Waals surface area contributed by atoms with E-state index in [1.54, 1.807) is 25.2 Å². The molecule has 4 heteroatoms. The van der Waals surface area contributed by atoms with E-state index in [1.165, 1.54) is 6.20 Å². The number of pyridine rings is 1. The van der Waals surface area contributed by atoms with Crippen LogP contribution in [0.25, 0.3) is 0 Å². The van der Waals surface area contributed by atoms with Gasteiger partial charge < -0.3 is 5.11 Å². The Morgan fingerprint density at radius 2 is 2.36 bits per heavy atom. The molecular formula is C7H8N2O2.